The fraction of sp³-hybridized carbons (Fsp3) is 0.400. The number of anilines is 1. The number of pyridine rings is 1. The Morgan fingerprint density at radius 1 is 1.71 bits per heavy atom. The zero-order chi connectivity index (χ0) is 10.6. The highest BCUT2D eigenvalue weighted by molar-refractivity contribution is 5.74. The summed E-state index contributed by atoms with van der Waals surface area (Å²) >= 11 is 0. The highest BCUT2D eigenvalue weighted by Crippen LogP contribution is 2.13. The molecule has 4 nitrogen and oxygen atoms in total. The maximum absolute atomic E-state index is 10.7. The van der Waals surface area contributed by atoms with Gasteiger partial charge in [0.05, 0.1) is 11.9 Å². The van der Waals surface area contributed by atoms with Crippen LogP contribution in [-0.2, 0) is 4.79 Å². The molecular formula is C10H15N3O. The predicted octanol–water partition coefficient (Wildman–Crippen LogP) is 1.07. The second-order valence-electron chi connectivity index (χ2n) is 3.41. The Balaban J connectivity index is 2.60. The van der Waals surface area contributed by atoms with Crippen LogP contribution in [0.3, 0.4) is 0 Å². The number of carbonyl (C=O) groups is 1. The highest BCUT2D eigenvalue weighted by Gasteiger charge is 2.06. The molecule has 0 saturated carbocycles. The summed E-state index contributed by atoms with van der Waals surface area (Å²) in [6, 6.07) is 1.95. The summed E-state index contributed by atoms with van der Waals surface area (Å²) < 4.78 is 0. The molecular weight excluding hydrogens is 178 g/mol. The largest absolute Gasteiger partial charge is 0.381 e. The number of nitrogens with two attached hydrogens (primary N) is 1. The maximum Gasteiger partial charge on any atom is 0.219 e. The molecule has 0 saturated heterocycles. The van der Waals surface area contributed by atoms with Crippen molar-refractivity contribution in [3.05, 3.63) is 24.0 Å². The van der Waals surface area contributed by atoms with Crippen molar-refractivity contribution in [1.29, 1.82) is 0 Å². The summed E-state index contributed by atoms with van der Waals surface area (Å²) in [6.45, 7) is 3.90. The summed E-state index contributed by atoms with van der Waals surface area (Å²) in [5, 5.41) is 3.18. The van der Waals surface area contributed by atoms with E-state index in [1.165, 1.54) is 0 Å². The molecule has 14 heavy (non-hydrogen) atoms. The van der Waals surface area contributed by atoms with Gasteiger partial charge in [-0.05, 0) is 25.5 Å². The summed E-state index contributed by atoms with van der Waals surface area (Å²) in [6.07, 6.45) is 3.81. The van der Waals surface area contributed by atoms with E-state index in [4.69, 9.17) is 5.73 Å². The second-order valence-corrected chi connectivity index (χ2v) is 3.41. The number of hydrogen-bond donors (Lipinski definition) is 2. The Morgan fingerprint density at radius 3 is 3.00 bits per heavy atom. The Morgan fingerprint density at radius 2 is 2.43 bits per heavy atom. The van der Waals surface area contributed by atoms with E-state index < -0.39 is 0 Å². The first-order valence-corrected chi connectivity index (χ1v) is 4.55. The zero-order valence-corrected chi connectivity index (χ0v) is 8.45. The van der Waals surface area contributed by atoms with Crippen molar-refractivity contribution in [3.8, 4) is 0 Å². The lowest BCUT2D eigenvalue weighted by Gasteiger charge is -2.14. The number of nitrogens with one attached hydrogen (secondary N) is 1. The molecule has 0 aliphatic rings. The minimum absolute atomic E-state index is 0.0374. The van der Waals surface area contributed by atoms with E-state index in [0.29, 0.717) is 6.42 Å². The van der Waals surface area contributed by atoms with E-state index in [1.54, 1.807) is 12.4 Å². The van der Waals surface area contributed by atoms with Gasteiger partial charge in [0.2, 0.25) is 5.91 Å². The van der Waals surface area contributed by atoms with Gasteiger partial charge in [0.1, 0.15) is 0 Å². The van der Waals surface area contributed by atoms with Gasteiger partial charge in [-0.1, -0.05) is 0 Å². The average molecular weight is 193 g/mol. The van der Waals surface area contributed by atoms with E-state index in [1.807, 2.05) is 19.9 Å². The van der Waals surface area contributed by atoms with Crippen molar-refractivity contribution >= 4 is 11.6 Å². The van der Waals surface area contributed by atoms with Crippen molar-refractivity contribution in [2.24, 2.45) is 5.73 Å². The Bertz CT molecular complexity index is 325. The van der Waals surface area contributed by atoms with Crippen LogP contribution in [0.1, 0.15) is 18.9 Å². The number of rotatable bonds is 4. The maximum atomic E-state index is 10.7. The third kappa shape index (κ3) is 3.05. The standard InChI is InChI=1S/C10H15N3O/c1-7-3-4-12-6-9(7)13-8(2)5-10(11)14/h3-4,6,8,13H,5H2,1-2H3,(H2,11,14). The molecule has 1 unspecified atom stereocenters. The quantitative estimate of drug-likeness (QED) is 0.751. The minimum Gasteiger partial charge on any atom is -0.381 e. The summed E-state index contributed by atoms with van der Waals surface area (Å²) in [5.74, 6) is -0.299. The SMILES string of the molecule is Cc1ccncc1NC(C)CC(N)=O. The van der Waals surface area contributed by atoms with Crippen LogP contribution in [0, 0.1) is 6.92 Å². The Labute approximate surface area is 83.5 Å². The number of primary amides is 1. The van der Waals surface area contributed by atoms with Crippen LogP contribution in [0.25, 0.3) is 0 Å². The molecule has 0 aliphatic carbocycles. The van der Waals surface area contributed by atoms with Gasteiger partial charge in [-0.2, -0.15) is 0 Å². The van der Waals surface area contributed by atoms with Gasteiger partial charge in [0.15, 0.2) is 0 Å². The second kappa shape index (κ2) is 4.60. The number of amides is 1. The number of carbonyl (C=O) groups excluding carboxylic acids is 1. The van der Waals surface area contributed by atoms with Crippen LogP contribution in [-0.4, -0.2) is 16.9 Å². The molecule has 1 rings (SSSR count). The van der Waals surface area contributed by atoms with E-state index in [0.717, 1.165) is 11.3 Å². The van der Waals surface area contributed by atoms with Crippen molar-refractivity contribution in [2.45, 2.75) is 26.3 Å². The van der Waals surface area contributed by atoms with Gasteiger partial charge in [0.25, 0.3) is 0 Å². The van der Waals surface area contributed by atoms with Gasteiger partial charge in [-0.25, -0.2) is 0 Å². The van der Waals surface area contributed by atoms with Crippen LogP contribution in [0.15, 0.2) is 18.5 Å². The monoisotopic (exact) mass is 193 g/mol. The van der Waals surface area contributed by atoms with Crippen molar-refractivity contribution < 1.29 is 4.79 Å². The van der Waals surface area contributed by atoms with Crippen molar-refractivity contribution in [1.82, 2.24) is 4.98 Å². The smallest absolute Gasteiger partial charge is 0.219 e. The van der Waals surface area contributed by atoms with Crippen molar-refractivity contribution in [2.75, 3.05) is 5.32 Å². The fourth-order valence-electron chi connectivity index (χ4n) is 1.23. The summed E-state index contributed by atoms with van der Waals surface area (Å²) in [4.78, 5) is 14.7. The van der Waals surface area contributed by atoms with E-state index in [-0.39, 0.29) is 11.9 Å². The fourth-order valence-corrected chi connectivity index (χ4v) is 1.23. The number of nitrogens with zero attached hydrogens (tertiary/aromatic N) is 1. The van der Waals surface area contributed by atoms with Crippen LogP contribution < -0.4 is 11.1 Å². The average Bonchev–Trinajstić information content (AvgIpc) is 2.07. The van der Waals surface area contributed by atoms with Crippen LogP contribution >= 0.6 is 0 Å². The minimum atomic E-state index is -0.299. The van der Waals surface area contributed by atoms with E-state index >= 15 is 0 Å². The lowest BCUT2D eigenvalue weighted by Crippen LogP contribution is -2.24. The zero-order valence-electron chi connectivity index (χ0n) is 8.45. The molecule has 1 heterocycles. The van der Waals surface area contributed by atoms with Gasteiger partial charge >= 0.3 is 0 Å². The molecule has 4 heteroatoms. The molecule has 0 aliphatic heterocycles. The highest BCUT2D eigenvalue weighted by atomic mass is 16.1. The number of hydrogen-bond acceptors (Lipinski definition) is 3. The normalized spacial score (nSPS) is 12.1. The lowest BCUT2D eigenvalue weighted by molar-refractivity contribution is -0.118. The summed E-state index contributed by atoms with van der Waals surface area (Å²) in [5.41, 5.74) is 7.14. The van der Waals surface area contributed by atoms with Crippen LogP contribution in [0.4, 0.5) is 5.69 Å². The molecule has 0 fully saturated rings. The third-order valence-electron chi connectivity index (χ3n) is 1.95. The molecule has 76 valence electrons. The van der Waals surface area contributed by atoms with Gasteiger partial charge in [-0.3, -0.25) is 9.78 Å². The first-order valence-electron chi connectivity index (χ1n) is 4.55. The van der Waals surface area contributed by atoms with Crippen LogP contribution in [0.5, 0.6) is 0 Å². The predicted molar refractivity (Wildman–Crippen MR) is 55.9 cm³/mol. The van der Waals surface area contributed by atoms with Gasteiger partial charge in [0, 0.05) is 18.7 Å². The number of aryl methyl sites for hydroxylation is 1. The molecule has 1 atom stereocenters. The molecule has 3 N–H and O–H groups in total. The Hall–Kier alpha value is -1.58. The first kappa shape index (κ1) is 10.5. The molecule has 1 aromatic heterocycles. The van der Waals surface area contributed by atoms with E-state index in [2.05, 4.69) is 10.3 Å². The Kier molecular flexibility index (Phi) is 3.45. The van der Waals surface area contributed by atoms with E-state index in [9.17, 15) is 4.79 Å². The molecule has 0 bridgehead atoms. The van der Waals surface area contributed by atoms with Gasteiger partial charge in [-0.15, -0.1) is 0 Å². The molecule has 0 aromatic carbocycles. The third-order valence-corrected chi connectivity index (χ3v) is 1.95. The topological polar surface area (TPSA) is 68.0 Å². The first-order chi connectivity index (χ1) is 6.59. The lowest BCUT2D eigenvalue weighted by atomic mass is 10.2. The van der Waals surface area contributed by atoms with Crippen LogP contribution in [0.2, 0.25) is 0 Å². The molecule has 0 spiro atoms. The molecule has 1 amide bonds. The molecule has 0 radical (unpaired) electrons. The number of aromatic nitrogens is 1. The molecule has 1 aromatic rings. The van der Waals surface area contributed by atoms with Gasteiger partial charge < -0.3 is 11.1 Å². The van der Waals surface area contributed by atoms with Crippen molar-refractivity contribution in [3.63, 3.8) is 0 Å². The summed E-state index contributed by atoms with van der Waals surface area (Å²) in [7, 11) is 0.